The van der Waals surface area contributed by atoms with Gasteiger partial charge in [-0.2, -0.15) is 5.10 Å². The number of aromatic nitrogens is 3. The van der Waals surface area contributed by atoms with Crippen molar-refractivity contribution in [2.24, 2.45) is 17.8 Å². The summed E-state index contributed by atoms with van der Waals surface area (Å²) in [5.41, 5.74) is 8.28. The van der Waals surface area contributed by atoms with E-state index in [4.69, 9.17) is 5.73 Å². The number of nitrogens with zero attached hydrogens (tertiary/aromatic N) is 5. The zero-order valence-electron chi connectivity index (χ0n) is 19.2. The van der Waals surface area contributed by atoms with E-state index in [9.17, 15) is 9.18 Å². The maximum Gasteiger partial charge on any atom is 0.256 e. The Morgan fingerprint density at radius 1 is 1.24 bits per heavy atom. The Bertz CT molecular complexity index is 1350. The van der Waals surface area contributed by atoms with Gasteiger partial charge in [-0.25, -0.2) is 9.37 Å². The van der Waals surface area contributed by atoms with Crippen LogP contribution in [-0.4, -0.2) is 38.6 Å². The minimum atomic E-state index is -0.515. The molecule has 0 spiro atoms. The van der Waals surface area contributed by atoms with E-state index < -0.39 is 6.04 Å². The lowest BCUT2D eigenvalue weighted by Gasteiger charge is -2.30. The van der Waals surface area contributed by atoms with E-state index in [-0.39, 0.29) is 24.2 Å². The molecule has 0 aliphatic heterocycles. The number of anilines is 1. The largest absolute Gasteiger partial charge is 0.370 e. The van der Waals surface area contributed by atoms with Crippen LogP contribution in [0.5, 0.6) is 0 Å². The number of aliphatic imine (C=N–C) groups is 1. The topological polar surface area (TPSA) is 101 Å². The second-order valence-corrected chi connectivity index (χ2v) is 7.99. The fourth-order valence-corrected chi connectivity index (χ4v) is 3.81. The number of nitrogens with two attached hydrogens (primary N) is 1. The van der Waals surface area contributed by atoms with Gasteiger partial charge in [0.1, 0.15) is 11.6 Å². The molecule has 0 fully saturated rings. The molecular formula is C25H26FN7O. The lowest BCUT2D eigenvalue weighted by atomic mass is 10.0. The number of nitrogens with one attached hydrogen (secondary N) is 1. The maximum atomic E-state index is 14.6. The van der Waals surface area contributed by atoms with Crippen LogP contribution < -0.4 is 11.1 Å². The second-order valence-electron chi connectivity index (χ2n) is 7.99. The van der Waals surface area contributed by atoms with Crippen molar-refractivity contribution >= 4 is 28.6 Å². The van der Waals surface area contributed by atoms with Crippen LogP contribution in [0, 0.1) is 5.82 Å². The van der Waals surface area contributed by atoms with E-state index in [0.717, 1.165) is 16.5 Å². The van der Waals surface area contributed by atoms with Gasteiger partial charge >= 0.3 is 0 Å². The van der Waals surface area contributed by atoms with Crippen LogP contribution in [0.2, 0.25) is 0 Å². The Morgan fingerprint density at radius 2 is 2.03 bits per heavy atom. The molecule has 3 N–H and O–H groups in total. The van der Waals surface area contributed by atoms with Crippen LogP contribution in [0.4, 0.5) is 10.2 Å². The zero-order valence-corrected chi connectivity index (χ0v) is 19.2. The van der Waals surface area contributed by atoms with Crippen molar-refractivity contribution in [3.05, 3.63) is 89.5 Å². The van der Waals surface area contributed by atoms with Gasteiger partial charge in [-0.05, 0) is 42.8 Å². The fourth-order valence-electron chi connectivity index (χ4n) is 3.81. The van der Waals surface area contributed by atoms with E-state index >= 15 is 0 Å². The molecule has 0 saturated carbocycles. The summed E-state index contributed by atoms with van der Waals surface area (Å²) in [7, 11) is 3.42. The molecule has 0 aliphatic rings. The van der Waals surface area contributed by atoms with Gasteiger partial charge < -0.3 is 16.0 Å². The van der Waals surface area contributed by atoms with Crippen molar-refractivity contribution in [1.29, 1.82) is 0 Å². The SMILES string of the molecule is CN=C(N)Nc1ccc(C(=O)N(Cc2ccc3nn(C)cc3c2)[C@H](C)c2ccccc2F)cn1. The summed E-state index contributed by atoms with van der Waals surface area (Å²) in [6.07, 6.45) is 3.39. The molecule has 0 bridgehead atoms. The van der Waals surface area contributed by atoms with Crippen LogP contribution in [0.25, 0.3) is 10.9 Å². The van der Waals surface area contributed by atoms with Gasteiger partial charge in [0.05, 0.1) is 17.1 Å². The number of halogens is 1. The van der Waals surface area contributed by atoms with Gasteiger partial charge in [-0.3, -0.25) is 14.5 Å². The van der Waals surface area contributed by atoms with Crippen LogP contribution in [-0.2, 0) is 13.6 Å². The first-order valence-electron chi connectivity index (χ1n) is 10.8. The molecule has 0 unspecified atom stereocenters. The zero-order chi connectivity index (χ0) is 24.2. The van der Waals surface area contributed by atoms with E-state index in [0.29, 0.717) is 16.9 Å². The molecule has 1 atom stereocenters. The van der Waals surface area contributed by atoms with Gasteiger partial charge in [0, 0.05) is 44.0 Å². The molecule has 9 heteroatoms. The molecule has 2 aromatic heterocycles. The molecule has 0 aliphatic carbocycles. The minimum absolute atomic E-state index is 0.215. The molecule has 4 aromatic rings. The normalized spacial score (nSPS) is 12.5. The van der Waals surface area contributed by atoms with Crippen LogP contribution in [0.1, 0.15) is 34.5 Å². The number of hydrogen-bond donors (Lipinski definition) is 2. The number of aryl methyl sites for hydroxylation is 1. The highest BCUT2D eigenvalue weighted by Crippen LogP contribution is 2.27. The maximum absolute atomic E-state index is 14.6. The number of carbonyl (C=O) groups excluding carboxylic acids is 1. The number of pyridine rings is 1. The first-order valence-corrected chi connectivity index (χ1v) is 10.8. The lowest BCUT2D eigenvalue weighted by molar-refractivity contribution is 0.0671. The highest BCUT2D eigenvalue weighted by Gasteiger charge is 2.25. The van der Waals surface area contributed by atoms with Crippen molar-refractivity contribution in [2.45, 2.75) is 19.5 Å². The van der Waals surface area contributed by atoms with Crippen molar-refractivity contribution in [3.8, 4) is 0 Å². The Balaban J connectivity index is 1.67. The Kier molecular flexibility index (Phi) is 6.53. The van der Waals surface area contributed by atoms with E-state index in [1.807, 2.05) is 38.4 Å². The van der Waals surface area contributed by atoms with Gasteiger partial charge in [0.2, 0.25) is 0 Å². The molecule has 1 amide bonds. The fraction of sp³-hybridized carbons (Fsp3) is 0.200. The number of amides is 1. The standard InChI is InChI=1S/C25H26FN7O/c1-16(20-6-4-5-7-21(20)26)33(14-17-8-10-22-19(12-17)15-32(3)31-22)24(34)18-9-11-23(29-13-18)30-25(27)28-2/h4-13,15-16H,14H2,1-3H3,(H3,27,28,29,30)/t16-/m1/s1. The summed E-state index contributed by atoms with van der Waals surface area (Å²) < 4.78 is 16.4. The first kappa shape index (κ1) is 22.9. The highest BCUT2D eigenvalue weighted by molar-refractivity contribution is 5.95. The summed E-state index contributed by atoms with van der Waals surface area (Å²) in [5, 5.41) is 8.21. The van der Waals surface area contributed by atoms with Crippen LogP contribution in [0.15, 0.2) is 72.0 Å². The van der Waals surface area contributed by atoms with Gasteiger partial charge in [0.15, 0.2) is 5.96 Å². The summed E-state index contributed by atoms with van der Waals surface area (Å²) in [4.78, 5) is 23.3. The molecule has 174 valence electrons. The number of carbonyl (C=O) groups is 1. The second kappa shape index (κ2) is 9.70. The summed E-state index contributed by atoms with van der Waals surface area (Å²) >= 11 is 0. The van der Waals surface area contributed by atoms with E-state index in [1.165, 1.54) is 12.3 Å². The predicted octanol–water partition coefficient (Wildman–Crippen LogP) is 3.87. The number of guanidine groups is 1. The smallest absolute Gasteiger partial charge is 0.256 e. The van der Waals surface area contributed by atoms with Crippen molar-refractivity contribution < 1.29 is 9.18 Å². The average Bonchev–Trinajstić information content (AvgIpc) is 3.21. The third-order valence-electron chi connectivity index (χ3n) is 5.63. The molecule has 4 rings (SSSR count). The molecular weight excluding hydrogens is 433 g/mol. The monoisotopic (exact) mass is 459 g/mol. The molecule has 2 aromatic carbocycles. The van der Waals surface area contributed by atoms with Crippen molar-refractivity contribution in [1.82, 2.24) is 19.7 Å². The number of fused-ring (bicyclic) bond motifs is 1. The minimum Gasteiger partial charge on any atom is -0.370 e. The van der Waals surface area contributed by atoms with Crippen LogP contribution in [0.3, 0.4) is 0 Å². The number of benzene rings is 2. The first-order chi connectivity index (χ1) is 16.4. The van der Waals surface area contributed by atoms with Gasteiger partial charge in [-0.15, -0.1) is 0 Å². The third kappa shape index (κ3) is 4.88. The number of rotatable bonds is 6. The Hall–Kier alpha value is -4.27. The molecule has 8 nitrogen and oxygen atoms in total. The van der Waals surface area contributed by atoms with E-state index in [2.05, 4.69) is 20.4 Å². The quantitative estimate of drug-likeness (QED) is 0.337. The van der Waals surface area contributed by atoms with Crippen molar-refractivity contribution in [2.75, 3.05) is 12.4 Å². The highest BCUT2D eigenvalue weighted by atomic mass is 19.1. The lowest BCUT2D eigenvalue weighted by Crippen LogP contribution is -2.33. The molecule has 2 heterocycles. The van der Waals surface area contributed by atoms with E-state index in [1.54, 1.807) is 47.0 Å². The molecule has 0 saturated heterocycles. The number of hydrogen-bond acceptors (Lipinski definition) is 4. The summed E-state index contributed by atoms with van der Waals surface area (Å²) in [6, 6.07) is 15.1. The van der Waals surface area contributed by atoms with Crippen LogP contribution >= 0.6 is 0 Å². The van der Waals surface area contributed by atoms with Crippen molar-refractivity contribution in [3.63, 3.8) is 0 Å². The molecule has 34 heavy (non-hydrogen) atoms. The predicted molar refractivity (Wildman–Crippen MR) is 131 cm³/mol. The summed E-state index contributed by atoms with van der Waals surface area (Å²) in [6.45, 7) is 2.11. The van der Waals surface area contributed by atoms with Gasteiger partial charge in [0.25, 0.3) is 5.91 Å². The van der Waals surface area contributed by atoms with Gasteiger partial charge in [-0.1, -0.05) is 24.3 Å². The third-order valence-corrected chi connectivity index (χ3v) is 5.63. The Labute approximate surface area is 196 Å². The average molecular weight is 460 g/mol. The summed E-state index contributed by atoms with van der Waals surface area (Å²) in [5.74, 6) is 0.0586. The Morgan fingerprint density at radius 3 is 2.74 bits per heavy atom. The molecule has 0 radical (unpaired) electrons.